The van der Waals surface area contributed by atoms with E-state index in [1.807, 2.05) is 13.8 Å². The number of para-hydroxylation sites is 1. The fourth-order valence-corrected chi connectivity index (χ4v) is 3.14. The molecule has 0 bridgehead atoms. The van der Waals surface area contributed by atoms with Crippen molar-refractivity contribution in [1.29, 1.82) is 0 Å². The third kappa shape index (κ3) is 2.39. The Kier molecular flexibility index (Phi) is 4.02. The number of carbonyl (C=O) groups excluding carboxylic acids is 1. The van der Waals surface area contributed by atoms with E-state index in [0.717, 1.165) is 19.3 Å². The van der Waals surface area contributed by atoms with Gasteiger partial charge in [0.15, 0.2) is 0 Å². The maximum absolute atomic E-state index is 13.9. The van der Waals surface area contributed by atoms with Crippen LogP contribution in [0, 0.1) is 11.2 Å². The molecule has 1 aliphatic carbocycles. The summed E-state index contributed by atoms with van der Waals surface area (Å²) in [5.74, 6) is -0.664. The van der Waals surface area contributed by atoms with E-state index in [2.05, 4.69) is 5.32 Å². The van der Waals surface area contributed by atoms with Crippen LogP contribution in [0.3, 0.4) is 0 Å². The quantitative estimate of drug-likeness (QED) is 0.856. The van der Waals surface area contributed by atoms with Crippen molar-refractivity contribution < 1.29 is 13.9 Å². The summed E-state index contributed by atoms with van der Waals surface area (Å²) in [6, 6.07) is 6.44. The molecule has 0 aliphatic heterocycles. The van der Waals surface area contributed by atoms with E-state index in [0.29, 0.717) is 12.1 Å². The summed E-state index contributed by atoms with van der Waals surface area (Å²) in [4.78, 5) is 12.4. The molecule has 0 saturated heterocycles. The van der Waals surface area contributed by atoms with Crippen LogP contribution in [0.15, 0.2) is 24.3 Å². The van der Waals surface area contributed by atoms with E-state index in [9.17, 15) is 9.18 Å². The summed E-state index contributed by atoms with van der Waals surface area (Å²) >= 11 is 0. The fourth-order valence-electron chi connectivity index (χ4n) is 3.14. The zero-order valence-electron chi connectivity index (χ0n) is 12.3. The number of methoxy groups -OCH3 is 1. The van der Waals surface area contributed by atoms with Gasteiger partial charge in [0.1, 0.15) is 11.4 Å². The Balaban J connectivity index is 2.43. The van der Waals surface area contributed by atoms with Crippen LogP contribution >= 0.6 is 0 Å². The molecular formula is C16H22FNO2. The van der Waals surface area contributed by atoms with Gasteiger partial charge >= 0.3 is 5.97 Å². The first-order chi connectivity index (χ1) is 9.43. The van der Waals surface area contributed by atoms with E-state index in [-0.39, 0.29) is 17.2 Å². The minimum Gasteiger partial charge on any atom is -0.467 e. The summed E-state index contributed by atoms with van der Waals surface area (Å²) in [7, 11) is 1.39. The lowest BCUT2D eigenvalue weighted by Crippen LogP contribution is -2.59. The molecule has 0 amide bonds. The van der Waals surface area contributed by atoms with Gasteiger partial charge in [-0.3, -0.25) is 0 Å². The van der Waals surface area contributed by atoms with Gasteiger partial charge in [0.25, 0.3) is 0 Å². The predicted octanol–water partition coefficient (Wildman–Crippen LogP) is 3.75. The monoisotopic (exact) mass is 279 g/mol. The number of esters is 1. The zero-order chi connectivity index (χ0) is 14.8. The minimum atomic E-state index is -0.873. The maximum atomic E-state index is 13.9. The molecule has 1 fully saturated rings. The van der Waals surface area contributed by atoms with Crippen LogP contribution in [-0.4, -0.2) is 18.6 Å². The highest BCUT2D eigenvalue weighted by Crippen LogP contribution is 2.46. The van der Waals surface area contributed by atoms with Gasteiger partial charge in [0.05, 0.1) is 12.8 Å². The van der Waals surface area contributed by atoms with E-state index < -0.39 is 5.54 Å². The Morgan fingerprint density at radius 3 is 2.50 bits per heavy atom. The minimum absolute atomic E-state index is 0.291. The number of rotatable bonds is 3. The van der Waals surface area contributed by atoms with E-state index in [4.69, 9.17) is 4.74 Å². The van der Waals surface area contributed by atoms with Gasteiger partial charge in [0, 0.05) is 0 Å². The van der Waals surface area contributed by atoms with Crippen LogP contribution in [0.2, 0.25) is 0 Å². The Labute approximate surface area is 119 Å². The molecule has 20 heavy (non-hydrogen) atoms. The molecule has 1 N–H and O–H groups in total. The summed E-state index contributed by atoms with van der Waals surface area (Å²) < 4.78 is 18.9. The molecule has 1 unspecified atom stereocenters. The number of anilines is 1. The van der Waals surface area contributed by atoms with Crippen LogP contribution in [0.4, 0.5) is 10.1 Å². The standard InChI is InChI=1S/C16H22FNO2/c1-15(2)10-6-7-11-16(15,14(19)20-3)18-13-9-5-4-8-12(13)17/h4-5,8-9,18H,6-7,10-11H2,1-3H3. The van der Waals surface area contributed by atoms with Gasteiger partial charge in [-0.25, -0.2) is 9.18 Å². The molecule has 1 aromatic carbocycles. The molecule has 110 valence electrons. The number of hydrogen-bond acceptors (Lipinski definition) is 3. The lowest BCUT2D eigenvalue weighted by atomic mass is 9.63. The molecule has 3 nitrogen and oxygen atoms in total. The Bertz CT molecular complexity index is 501. The molecule has 0 spiro atoms. The second kappa shape index (κ2) is 5.43. The van der Waals surface area contributed by atoms with E-state index >= 15 is 0 Å². The van der Waals surface area contributed by atoms with E-state index in [1.54, 1.807) is 18.2 Å². The van der Waals surface area contributed by atoms with Crippen LogP contribution in [-0.2, 0) is 9.53 Å². The second-order valence-electron chi connectivity index (χ2n) is 6.09. The van der Waals surface area contributed by atoms with Gasteiger partial charge in [-0.2, -0.15) is 0 Å². The SMILES string of the molecule is COC(=O)C1(Nc2ccccc2F)CCCCC1(C)C. The van der Waals surface area contributed by atoms with Crippen molar-refractivity contribution in [2.45, 2.75) is 45.1 Å². The Morgan fingerprint density at radius 1 is 1.25 bits per heavy atom. The molecule has 0 radical (unpaired) electrons. The number of halogens is 1. The van der Waals surface area contributed by atoms with Crippen LogP contribution in [0.5, 0.6) is 0 Å². The maximum Gasteiger partial charge on any atom is 0.332 e. The third-order valence-corrected chi connectivity index (χ3v) is 4.51. The van der Waals surface area contributed by atoms with Crippen molar-refractivity contribution in [3.8, 4) is 0 Å². The molecule has 1 saturated carbocycles. The van der Waals surface area contributed by atoms with Gasteiger partial charge in [-0.05, 0) is 30.4 Å². The summed E-state index contributed by atoms with van der Waals surface area (Å²) in [5, 5.41) is 3.15. The fraction of sp³-hybridized carbons (Fsp3) is 0.562. The van der Waals surface area contributed by atoms with Gasteiger partial charge in [-0.1, -0.05) is 38.8 Å². The third-order valence-electron chi connectivity index (χ3n) is 4.51. The second-order valence-corrected chi connectivity index (χ2v) is 6.09. The van der Waals surface area contributed by atoms with Gasteiger partial charge in [0.2, 0.25) is 0 Å². The first-order valence-corrected chi connectivity index (χ1v) is 7.04. The number of carbonyl (C=O) groups is 1. The number of hydrogen-bond donors (Lipinski definition) is 1. The highest BCUT2D eigenvalue weighted by Gasteiger charge is 2.53. The van der Waals surface area contributed by atoms with Crippen molar-refractivity contribution in [3.63, 3.8) is 0 Å². The zero-order valence-corrected chi connectivity index (χ0v) is 12.3. The molecule has 1 aliphatic rings. The average Bonchev–Trinajstić information content (AvgIpc) is 2.42. The molecule has 4 heteroatoms. The normalized spacial score (nSPS) is 25.0. The smallest absolute Gasteiger partial charge is 0.332 e. The average molecular weight is 279 g/mol. The summed E-state index contributed by atoms with van der Waals surface area (Å²) in [5.41, 5.74) is -0.809. The first kappa shape index (κ1) is 14.8. The first-order valence-electron chi connectivity index (χ1n) is 7.04. The lowest BCUT2D eigenvalue weighted by molar-refractivity contribution is -0.152. The highest BCUT2D eigenvalue weighted by molar-refractivity contribution is 5.86. The Morgan fingerprint density at radius 2 is 1.90 bits per heavy atom. The van der Waals surface area contributed by atoms with Crippen molar-refractivity contribution in [1.82, 2.24) is 0 Å². The van der Waals surface area contributed by atoms with Gasteiger partial charge < -0.3 is 10.1 Å². The molecule has 0 aromatic heterocycles. The van der Waals surface area contributed by atoms with E-state index in [1.165, 1.54) is 13.2 Å². The topological polar surface area (TPSA) is 38.3 Å². The Hall–Kier alpha value is -1.58. The molecule has 1 atom stereocenters. The lowest BCUT2D eigenvalue weighted by Gasteiger charge is -2.48. The predicted molar refractivity (Wildman–Crippen MR) is 77.0 cm³/mol. The number of benzene rings is 1. The van der Waals surface area contributed by atoms with Crippen molar-refractivity contribution >= 4 is 11.7 Å². The summed E-state index contributed by atoms with van der Waals surface area (Å²) in [6.07, 6.45) is 3.56. The van der Waals surface area contributed by atoms with Crippen molar-refractivity contribution in [2.75, 3.05) is 12.4 Å². The van der Waals surface area contributed by atoms with Gasteiger partial charge in [-0.15, -0.1) is 0 Å². The van der Waals surface area contributed by atoms with Crippen LogP contribution in [0.1, 0.15) is 39.5 Å². The van der Waals surface area contributed by atoms with Crippen molar-refractivity contribution in [3.05, 3.63) is 30.1 Å². The number of ether oxygens (including phenoxy) is 1. The van der Waals surface area contributed by atoms with Crippen molar-refractivity contribution in [2.24, 2.45) is 5.41 Å². The summed E-state index contributed by atoms with van der Waals surface area (Å²) in [6.45, 7) is 4.08. The van der Waals surface area contributed by atoms with Crippen LogP contribution < -0.4 is 5.32 Å². The van der Waals surface area contributed by atoms with Crippen LogP contribution in [0.25, 0.3) is 0 Å². The number of nitrogens with one attached hydrogen (secondary N) is 1. The molecule has 1 aromatic rings. The largest absolute Gasteiger partial charge is 0.467 e. The highest BCUT2D eigenvalue weighted by atomic mass is 19.1. The molecular weight excluding hydrogens is 257 g/mol. The molecule has 0 heterocycles. The molecule has 2 rings (SSSR count).